The number of hydrogen-bond acceptors (Lipinski definition) is 2. The van der Waals surface area contributed by atoms with Crippen molar-refractivity contribution < 1.29 is 22.8 Å². The van der Waals surface area contributed by atoms with Crippen LogP contribution in [0.15, 0.2) is 24.3 Å². The summed E-state index contributed by atoms with van der Waals surface area (Å²) in [5, 5.41) is 3.04. The van der Waals surface area contributed by atoms with Crippen molar-refractivity contribution in [2.24, 2.45) is 11.8 Å². The van der Waals surface area contributed by atoms with E-state index >= 15 is 0 Å². The zero-order chi connectivity index (χ0) is 19.6. The zero-order valence-corrected chi connectivity index (χ0v) is 15.4. The lowest BCUT2D eigenvalue weighted by Crippen LogP contribution is -2.41. The molecule has 148 valence electrons. The van der Waals surface area contributed by atoms with Crippen LogP contribution in [0.25, 0.3) is 0 Å². The third-order valence-corrected chi connectivity index (χ3v) is 5.75. The van der Waals surface area contributed by atoms with Gasteiger partial charge in [-0.2, -0.15) is 13.2 Å². The Kier molecular flexibility index (Phi) is 5.77. The highest BCUT2D eigenvalue weighted by Crippen LogP contribution is 2.33. The molecule has 1 saturated heterocycles. The van der Waals surface area contributed by atoms with Crippen LogP contribution in [0.4, 0.5) is 18.9 Å². The van der Waals surface area contributed by atoms with Gasteiger partial charge in [0.15, 0.2) is 0 Å². The molecule has 27 heavy (non-hydrogen) atoms. The molecule has 1 aromatic carbocycles. The minimum Gasteiger partial charge on any atom is -0.353 e. The second kappa shape index (κ2) is 7.90. The Hall–Kier alpha value is -2.05. The molecule has 1 saturated carbocycles. The average Bonchev–Trinajstić information content (AvgIpc) is 3.04. The Bertz CT molecular complexity index is 697. The highest BCUT2D eigenvalue weighted by molar-refractivity contribution is 6.00. The van der Waals surface area contributed by atoms with Crippen LogP contribution in [0.1, 0.15) is 51.0 Å². The summed E-state index contributed by atoms with van der Waals surface area (Å²) >= 11 is 0. The molecule has 1 N–H and O–H groups in total. The van der Waals surface area contributed by atoms with E-state index in [4.69, 9.17) is 0 Å². The smallest absolute Gasteiger partial charge is 0.353 e. The first-order valence-corrected chi connectivity index (χ1v) is 9.56. The van der Waals surface area contributed by atoms with Gasteiger partial charge in [-0.1, -0.05) is 19.4 Å². The van der Waals surface area contributed by atoms with Crippen LogP contribution >= 0.6 is 0 Å². The van der Waals surface area contributed by atoms with E-state index in [0.717, 1.165) is 50.2 Å². The van der Waals surface area contributed by atoms with Gasteiger partial charge in [0.1, 0.15) is 0 Å². The Balaban J connectivity index is 1.61. The van der Waals surface area contributed by atoms with Gasteiger partial charge in [-0.3, -0.25) is 9.59 Å². The Labute approximate surface area is 157 Å². The summed E-state index contributed by atoms with van der Waals surface area (Å²) in [6, 6.07) is 4.83. The van der Waals surface area contributed by atoms with Crippen molar-refractivity contribution in [2.45, 2.75) is 57.7 Å². The maximum absolute atomic E-state index is 12.9. The third-order valence-electron chi connectivity index (χ3n) is 5.75. The molecule has 4 nitrogen and oxygen atoms in total. The maximum Gasteiger partial charge on any atom is 0.416 e. The highest BCUT2D eigenvalue weighted by atomic mass is 19.4. The second-order valence-corrected chi connectivity index (χ2v) is 7.59. The van der Waals surface area contributed by atoms with Gasteiger partial charge >= 0.3 is 6.18 Å². The molecule has 1 atom stereocenters. The predicted octanol–water partition coefficient (Wildman–Crippen LogP) is 4.14. The van der Waals surface area contributed by atoms with Gasteiger partial charge < -0.3 is 10.2 Å². The molecule has 7 heteroatoms. The quantitative estimate of drug-likeness (QED) is 0.851. The third kappa shape index (κ3) is 4.62. The lowest BCUT2D eigenvalue weighted by molar-refractivity contribution is -0.137. The van der Waals surface area contributed by atoms with Crippen molar-refractivity contribution >= 4 is 17.5 Å². The summed E-state index contributed by atoms with van der Waals surface area (Å²) in [6.07, 6.45) is 0.816. The minimum atomic E-state index is -4.47. The lowest BCUT2D eigenvalue weighted by atomic mass is 9.84. The van der Waals surface area contributed by atoms with E-state index in [1.807, 2.05) is 0 Å². The van der Waals surface area contributed by atoms with Gasteiger partial charge in [-0.05, 0) is 49.8 Å². The molecule has 0 radical (unpaired) electrons. The molecular weight excluding hydrogens is 357 g/mol. The van der Waals surface area contributed by atoms with E-state index in [-0.39, 0.29) is 36.5 Å². The fraction of sp³-hybridized carbons (Fsp3) is 0.600. The summed E-state index contributed by atoms with van der Waals surface area (Å²) in [7, 11) is 0. The van der Waals surface area contributed by atoms with Crippen molar-refractivity contribution in [1.29, 1.82) is 0 Å². The maximum atomic E-state index is 12.9. The summed E-state index contributed by atoms with van der Waals surface area (Å²) < 4.78 is 38.7. The van der Waals surface area contributed by atoms with E-state index < -0.39 is 17.7 Å². The molecular formula is C20H25F3N2O2. The summed E-state index contributed by atoms with van der Waals surface area (Å²) in [5.41, 5.74) is -0.609. The first-order chi connectivity index (χ1) is 12.8. The largest absolute Gasteiger partial charge is 0.416 e. The van der Waals surface area contributed by atoms with Crippen LogP contribution < -0.4 is 10.2 Å². The van der Waals surface area contributed by atoms with Gasteiger partial charge in [0.05, 0.1) is 11.5 Å². The van der Waals surface area contributed by atoms with Crippen molar-refractivity contribution in [3.63, 3.8) is 0 Å². The number of amides is 2. The Morgan fingerprint density at radius 1 is 1.22 bits per heavy atom. The summed E-state index contributed by atoms with van der Waals surface area (Å²) in [6.45, 7) is 2.30. The molecule has 2 aliphatic rings. The lowest BCUT2D eigenvalue weighted by Gasteiger charge is -2.29. The molecule has 2 amide bonds. The predicted molar refractivity (Wildman–Crippen MR) is 96.1 cm³/mol. The van der Waals surface area contributed by atoms with Gasteiger partial charge in [0, 0.05) is 24.7 Å². The second-order valence-electron chi connectivity index (χ2n) is 7.59. The van der Waals surface area contributed by atoms with Crippen molar-refractivity contribution in [3.8, 4) is 0 Å². The summed E-state index contributed by atoms with van der Waals surface area (Å²) in [5.74, 6) is -0.277. The molecule has 1 heterocycles. The van der Waals surface area contributed by atoms with E-state index in [9.17, 15) is 22.8 Å². The van der Waals surface area contributed by atoms with Gasteiger partial charge in [-0.25, -0.2) is 0 Å². The summed E-state index contributed by atoms with van der Waals surface area (Å²) in [4.78, 5) is 26.1. The number of nitrogens with zero attached hydrogens (tertiary/aromatic N) is 1. The van der Waals surface area contributed by atoms with Crippen LogP contribution in [0.2, 0.25) is 0 Å². The topological polar surface area (TPSA) is 49.4 Å². The molecule has 1 aliphatic carbocycles. The van der Waals surface area contributed by atoms with Gasteiger partial charge in [0.2, 0.25) is 11.8 Å². The number of halogens is 3. The molecule has 0 bridgehead atoms. The van der Waals surface area contributed by atoms with Crippen LogP contribution in [-0.4, -0.2) is 24.4 Å². The van der Waals surface area contributed by atoms with Crippen LogP contribution in [-0.2, 0) is 15.8 Å². The average molecular weight is 382 g/mol. The number of hydrogen-bond donors (Lipinski definition) is 1. The fourth-order valence-corrected chi connectivity index (χ4v) is 4.02. The standard InChI is InChI=1S/C20H25F3N2O2/c1-2-13-6-8-16(9-7-13)24-19(27)14-10-18(26)25(12-14)17-5-3-4-15(11-17)20(21,22)23/h3-5,11,13-14,16H,2,6-10,12H2,1H3,(H,24,27)/t13?,14-,16?/m0/s1. The van der Waals surface area contributed by atoms with Crippen LogP contribution in [0.3, 0.4) is 0 Å². The number of anilines is 1. The molecule has 1 aromatic rings. The van der Waals surface area contributed by atoms with Crippen molar-refractivity contribution in [1.82, 2.24) is 5.32 Å². The number of nitrogens with one attached hydrogen (secondary N) is 1. The highest BCUT2D eigenvalue weighted by Gasteiger charge is 2.37. The van der Waals surface area contributed by atoms with Gasteiger partial charge in [0.25, 0.3) is 0 Å². The van der Waals surface area contributed by atoms with E-state index in [0.29, 0.717) is 0 Å². The number of alkyl halides is 3. The molecule has 3 rings (SSSR count). The molecule has 1 aliphatic heterocycles. The number of carbonyl (C=O) groups is 2. The zero-order valence-electron chi connectivity index (χ0n) is 15.4. The first-order valence-electron chi connectivity index (χ1n) is 9.56. The normalized spacial score (nSPS) is 26.3. The molecule has 2 fully saturated rings. The fourth-order valence-electron chi connectivity index (χ4n) is 4.02. The number of rotatable bonds is 4. The number of benzene rings is 1. The SMILES string of the molecule is CCC1CCC(NC(=O)[C@H]2CC(=O)N(c3cccc(C(F)(F)F)c3)C2)CC1. The first kappa shape index (κ1) is 19.7. The molecule has 0 spiro atoms. The number of carbonyl (C=O) groups excluding carboxylic acids is 2. The van der Waals surface area contributed by atoms with Crippen molar-refractivity contribution in [2.75, 3.05) is 11.4 Å². The van der Waals surface area contributed by atoms with Crippen LogP contribution in [0, 0.1) is 11.8 Å². The van der Waals surface area contributed by atoms with Crippen LogP contribution in [0.5, 0.6) is 0 Å². The Morgan fingerprint density at radius 3 is 2.56 bits per heavy atom. The minimum absolute atomic E-state index is 0.0341. The molecule has 0 aromatic heterocycles. The van der Waals surface area contributed by atoms with E-state index in [1.54, 1.807) is 0 Å². The van der Waals surface area contributed by atoms with E-state index in [1.165, 1.54) is 17.0 Å². The molecule has 0 unspecified atom stereocenters. The monoisotopic (exact) mass is 382 g/mol. The van der Waals surface area contributed by atoms with E-state index in [2.05, 4.69) is 12.2 Å². The Morgan fingerprint density at radius 2 is 1.93 bits per heavy atom. The van der Waals surface area contributed by atoms with Crippen molar-refractivity contribution in [3.05, 3.63) is 29.8 Å². The van der Waals surface area contributed by atoms with Gasteiger partial charge in [-0.15, -0.1) is 0 Å².